The summed E-state index contributed by atoms with van der Waals surface area (Å²) in [5.74, 6) is 0.373. The minimum absolute atomic E-state index is 0.00761. The number of piperazine rings is 1. The van der Waals surface area contributed by atoms with Crippen LogP contribution in [0.1, 0.15) is 48.2 Å². The van der Waals surface area contributed by atoms with Gasteiger partial charge in [-0.2, -0.15) is 18.2 Å². The van der Waals surface area contributed by atoms with Crippen molar-refractivity contribution in [2.75, 3.05) is 26.2 Å². The smallest absolute Gasteiger partial charge is 0.336 e. The van der Waals surface area contributed by atoms with Crippen LogP contribution in [0.4, 0.5) is 13.2 Å². The number of hydrogen-bond donors (Lipinski definition) is 0. The normalized spacial score (nSPS) is 16.4. The molecule has 0 bridgehead atoms. The molecule has 1 amide bonds. The van der Waals surface area contributed by atoms with Gasteiger partial charge in [-0.05, 0) is 56.0 Å². The quantitative estimate of drug-likeness (QED) is 0.287. The van der Waals surface area contributed by atoms with E-state index in [9.17, 15) is 22.8 Å². The lowest BCUT2D eigenvalue weighted by atomic mass is 9.83. The molecule has 0 atom stereocenters. The fraction of sp³-hybridized carbons (Fsp3) is 0.375. The Hall–Kier alpha value is -4.25. The van der Waals surface area contributed by atoms with Crippen LogP contribution < -0.4 is 5.56 Å². The van der Waals surface area contributed by atoms with Gasteiger partial charge in [-0.15, -0.1) is 0 Å². The molecule has 224 valence electrons. The summed E-state index contributed by atoms with van der Waals surface area (Å²) in [7, 11) is 0. The molecule has 1 saturated carbocycles. The van der Waals surface area contributed by atoms with E-state index >= 15 is 0 Å². The van der Waals surface area contributed by atoms with E-state index in [0.29, 0.717) is 35.8 Å². The van der Waals surface area contributed by atoms with Gasteiger partial charge in [0, 0.05) is 55.6 Å². The summed E-state index contributed by atoms with van der Waals surface area (Å²) in [5.41, 5.74) is 0.289. The minimum Gasteiger partial charge on any atom is -0.336 e. The highest BCUT2D eigenvalue weighted by atomic mass is 19.4. The zero-order chi connectivity index (χ0) is 30.4. The molecule has 0 unspecified atom stereocenters. The van der Waals surface area contributed by atoms with Crippen molar-refractivity contribution < 1.29 is 22.5 Å². The third-order valence-electron chi connectivity index (χ3n) is 8.42. The number of nitrogens with zero attached hydrogens (tertiary/aromatic N) is 5. The number of aromatic nitrogens is 3. The van der Waals surface area contributed by atoms with Gasteiger partial charge < -0.3 is 14.0 Å². The molecule has 43 heavy (non-hydrogen) atoms. The predicted molar refractivity (Wildman–Crippen MR) is 155 cm³/mol. The first kappa shape index (κ1) is 28.9. The number of carbonyl (C=O) groups is 1. The average Bonchev–Trinajstić information content (AvgIpc) is 3.73. The highest BCUT2D eigenvalue weighted by molar-refractivity contribution is 5.94. The van der Waals surface area contributed by atoms with Crippen molar-refractivity contribution in [3.8, 4) is 22.8 Å². The second-order valence-electron chi connectivity index (χ2n) is 11.8. The summed E-state index contributed by atoms with van der Waals surface area (Å²) in [6.07, 6.45) is -0.269. The third-order valence-corrected chi connectivity index (χ3v) is 8.42. The molecule has 2 aromatic heterocycles. The molecule has 6 rings (SSSR count). The molecule has 0 spiro atoms. The van der Waals surface area contributed by atoms with E-state index in [4.69, 9.17) is 4.52 Å². The van der Waals surface area contributed by atoms with Crippen LogP contribution in [0.25, 0.3) is 22.8 Å². The zero-order valence-electron chi connectivity index (χ0n) is 24.0. The number of halogens is 3. The number of carbonyl (C=O) groups excluding carboxylic acids is 1. The predicted octanol–water partition coefficient (Wildman–Crippen LogP) is 5.37. The van der Waals surface area contributed by atoms with Gasteiger partial charge in [0.05, 0.1) is 17.5 Å². The van der Waals surface area contributed by atoms with Gasteiger partial charge in [-0.3, -0.25) is 14.5 Å². The largest absolute Gasteiger partial charge is 0.397 e. The SMILES string of the molecule is CC(C)(c1ccc(-c2noc(-c3ccc(=O)n(Cc4cccc(C(=O)N5CCN(C6CC6)CC5)c4)c3)n2)cc1)C(F)(F)F. The van der Waals surface area contributed by atoms with E-state index in [0.717, 1.165) is 32.5 Å². The van der Waals surface area contributed by atoms with Crippen LogP contribution in [0.2, 0.25) is 0 Å². The first-order chi connectivity index (χ1) is 20.5. The maximum absolute atomic E-state index is 13.4. The maximum atomic E-state index is 13.4. The Morgan fingerprint density at radius 3 is 2.33 bits per heavy atom. The van der Waals surface area contributed by atoms with Crippen molar-refractivity contribution in [1.29, 1.82) is 0 Å². The number of amides is 1. The van der Waals surface area contributed by atoms with Crippen molar-refractivity contribution in [2.24, 2.45) is 0 Å². The van der Waals surface area contributed by atoms with Gasteiger partial charge in [0.1, 0.15) is 0 Å². The number of benzene rings is 2. The molecule has 2 aromatic carbocycles. The Labute approximate surface area is 246 Å². The first-order valence-electron chi connectivity index (χ1n) is 14.3. The van der Waals surface area contributed by atoms with Gasteiger partial charge in [0.25, 0.3) is 17.4 Å². The molecule has 8 nitrogen and oxygen atoms in total. The van der Waals surface area contributed by atoms with E-state index in [1.807, 2.05) is 23.1 Å². The van der Waals surface area contributed by atoms with Gasteiger partial charge in [0.15, 0.2) is 0 Å². The summed E-state index contributed by atoms with van der Waals surface area (Å²) >= 11 is 0. The van der Waals surface area contributed by atoms with Crippen LogP contribution in [0.15, 0.2) is 76.2 Å². The molecular weight excluding hydrogens is 559 g/mol. The fourth-order valence-corrected chi connectivity index (χ4v) is 5.35. The lowest BCUT2D eigenvalue weighted by Crippen LogP contribution is -2.49. The number of rotatable bonds is 7. The van der Waals surface area contributed by atoms with E-state index in [-0.39, 0.29) is 35.3 Å². The summed E-state index contributed by atoms with van der Waals surface area (Å²) < 4.78 is 47.2. The summed E-state index contributed by atoms with van der Waals surface area (Å²) in [6.45, 7) is 5.73. The Kier molecular flexibility index (Phi) is 7.45. The van der Waals surface area contributed by atoms with E-state index < -0.39 is 11.6 Å². The van der Waals surface area contributed by atoms with Gasteiger partial charge in [0.2, 0.25) is 5.82 Å². The molecular formula is C32H32F3N5O3. The van der Waals surface area contributed by atoms with Crippen molar-refractivity contribution in [1.82, 2.24) is 24.5 Å². The van der Waals surface area contributed by atoms with Crippen LogP contribution in [-0.2, 0) is 12.0 Å². The van der Waals surface area contributed by atoms with Crippen LogP contribution in [0, 0.1) is 0 Å². The van der Waals surface area contributed by atoms with Gasteiger partial charge >= 0.3 is 6.18 Å². The third kappa shape index (κ3) is 5.99. The Morgan fingerprint density at radius 1 is 0.953 bits per heavy atom. The molecule has 0 radical (unpaired) electrons. The second kappa shape index (κ2) is 11.1. The van der Waals surface area contributed by atoms with Crippen LogP contribution in [0.5, 0.6) is 0 Å². The number of alkyl halides is 3. The maximum Gasteiger partial charge on any atom is 0.397 e. The van der Waals surface area contributed by atoms with E-state index in [1.54, 1.807) is 18.3 Å². The second-order valence-corrected chi connectivity index (χ2v) is 11.8. The van der Waals surface area contributed by atoms with Crippen molar-refractivity contribution >= 4 is 5.91 Å². The van der Waals surface area contributed by atoms with Crippen LogP contribution >= 0.6 is 0 Å². The topological polar surface area (TPSA) is 84.5 Å². The lowest BCUT2D eigenvalue weighted by molar-refractivity contribution is -0.180. The molecule has 4 aromatic rings. The van der Waals surface area contributed by atoms with Crippen molar-refractivity contribution in [3.63, 3.8) is 0 Å². The fourth-order valence-electron chi connectivity index (χ4n) is 5.35. The molecule has 0 N–H and O–H groups in total. The Balaban J connectivity index is 1.16. The average molecular weight is 592 g/mol. The zero-order valence-corrected chi connectivity index (χ0v) is 24.0. The molecule has 3 heterocycles. The van der Waals surface area contributed by atoms with E-state index in [2.05, 4.69) is 15.0 Å². The number of hydrogen-bond acceptors (Lipinski definition) is 6. The van der Waals surface area contributed by atoms with Crippen molar-refractivity contribution in [3.05, 3.63) is 93.9 Å². The highest BCUT2D eigenvalue weighted by Gasteiger charge is 2.48. The summed E-state index contributed by atoms with van der Waals surface area (Å²) in [6, 6.07) is 16.9. The standard InChI is InChI=1S/C32H32F3N5O3/c1-31(2,32(33,34)35)25-9-6-22(7-10-25)28-36-29(43-37-28)24-8-13-27(41)40(20-24)19-21-4-3-5-23(18-21)30(42)39-16-14-38(15-17-39)26-11-12-26/h3-10,13,18,20,26H,11-12,14-17,19H2,1-2H3. The molecule has 1 aliphatic carbocycles. The molecule has 1 saturated heterocycles. The van der Waals surface area contributed by atoms with Crippen molar-refractivity contribution in [2.45, 2.75) is 50.9 Å². The van der Waals surface area contributed by atoms with Gasteiger partial charge in [-0.1, -0.05) is 41.6 Å². The highest BCUT2D eigenvalue weighted by Crippen LogP contribution is 2.40. The summed E-state index contributed by atoms with van der Waals surface area (Å²) in [5, 5.41) is 3.99. The van der Waals surface area contributed by atoms with Crippen LogP contribution in [0.3, 0.4) is 0 Å². The minimum atomic E-state index is -4.39. The Bertz CT molecular complexity index is 1680. The lowest BCUT2D eigenvalue weighted by Gasteiger charge is -2.34. The Morgan fingerprint density at radius 2 is 1.65 bits per heavy atom. The monoisotopic (exact) mass is 591 g/mol. The van der Waals surface area contributed by atoms with E-state index in [1.165, 1.54) is 47.7 Å². The number of pyridine rings is 1. The molecule has 1 aliphatic heterocycles. The first-order valence-corrected chi connectivity index (χ1v) is 14.3. The summed E-state index contributed by atoms with van der Waals surface area (Å²) in [4.78, 5) is 34.7. The molecule has 2 aliphatic rings. The van der Waals surface area contributed by atoms with Gasteiger partial charge in [-0.25, -0.2) is 0 Å². The molecule has 11 heteroatoms. The van der Waals surface area contributed by atoms with Crippen LogP contribution in [-0.4, -0.2) is 68.8 Å². The molecule has 2 fully saturated rings.